The van der Waals surface area contributed by atoms with Gasteiger partial charge in [-0.05, 0) is 31.0 Å². The van der Waals surface area contributed by atoms with Crippen molar-refractivity contribution in [3.05, 3.63) is 59.1 Å². The first kappa shape index (κ1) is 24.3. The third-order valence-corrected chi connectivity index (χ3v) is 7.03. The average molecular weight is 535 g/mol. The second-order valence-corrected chi connectivity index (χ2v) is 9.53. The fraction of sp³-hybridized carbons (Fsp3) is 0.308. The molecular formula is C26H27ClN8O3. The summed E-state index contributed by atoms with van der Waals surface area (Å²) in [4.78, 5) is 25.5. The van der Waals surface area contributed by atoms with E-state index < -0.39 is 0 Å². The summed E-state index contributed by atoms with van der Waals surface area (Å²) >= 11 is 6.35. The molecule has 0 atom stereocenters. The molecule has 0 bridgehead atoms. The smallest absolute Gasteiger partial charge is 0.255 e. The first-order valence-electron chi connectivity index (χ1n) is 12.5. The van der Waals surface area contributed by atoms with Crippen LogP contribution in [0.15, 0.2) is 42.9 Å². The highest BCUT2D eigenvalue weighted by molar-refractivity contribution is 6.32. The van der Waals surface area contributed by atoms with E-state index in [1.54, 1.807) is 31.6 Å². The minimum absolute atomic E-state index is 0.162. The van der Waals surface area contributed by atoms with Crippen molar-refractivity contribution in [1.29, 1.82) is 0 Å². The van der Waals surface area contributed by atoms with Crippen molar-refractivity contribution in [2.24, 2.45) is 0 Å². The lowest BCUT2D eigenvalue weighted by atomic mass is 10.1. The molecule has 0 unspecified atom stereocenters. The number of methoxy groups -OCH3 is 1. The number of para-hydroxylation sites is 1. The SMILES string of the molecule is COc1c(Cl)cccc1Nc1c(-c2ccnc(Nc3cnn(C4CCOCC4)c3)n2)[nH]c2c1C(=O)NCC2. The van der Waals surface area contributed by atoms with Crippen molar-refractivity contribution in [2.45, 2.75) is 25.3 Å². The van der Waals surface area contributed by atoms with Crippen molar-refractivity contribution in [3.63, 3.8) is 0 Å². The van der Waals surface area contributed by atoms with Gasteiger partial charge in [0.2, 0.25) is 5.95 Å². The van der Waals surface area contributed by atoms with E-state index in [1.165, 1.54) is 0 Å². The molecule has 6 rings (SSSR count). The minimum Gasteiger partial charge on any atom is -0.493 e. The van der Waals surface area contributed by atoms with Crippen LogP contribution in [-0.4, -0.2) is 57.5 Å². The summed E-state index contributed by atoms with van der Waals surface area (Å²) in [6.45, 7) is 2.04. The molecular weight excluding hydrogens is 508 g/mol. The van der Waals surface area contributed by atoms with E-state index >= 15 is 0 Å². The fourth-order valence-electron chi connectivity index (χ4n) is 4.88. The maximum atomic E-state index is 12.9. The molecule has 4 N–H and O–H groups in total. The molecule has 5 heterocycles. The lowest BCUT2D eigenvalue weighted by Gasteiger charge is -2.22. The van der Waals surface area contributed by atoms with Crippen LogP contribution >= 0.6 is 11.6 Å². The van der Waals surface area contributed by atoms with Gasteiger partial charge in [-0.2, -0.15) is 5.10 Å². The molecule has 0 aliphatic carbocycles. The number of benzene rings is 1. The summed E-state index contributed by atoms with van der Waals surface area (Å²) in [5, 5.41) is 14.5. The molecule has 1 saturated heterocycles. The Hall–Kier alpha value is -4.09. The molecule has 2 aliphatic rings. The fourth-order valence-corrected chi connectivity index (χ4v) is 5.14. The molecule has 0 saturated carbocycles. The topological polar surface area (TPSA) is 131 Å². The Morgan fingerprint density at radius 2 is 2.08 bits per heavy atom. The summed E-state index contributed by atoms with van der Waals surface area (Å²) < 4.78 is 12.9. The van der Waals surface area contributed by atoms with Gasteiger partial charge in [-0.1, -0.05) is 17.7 Å². The number of rotatable bonds is 7. The first-order valence-corrected chi connectivity index (χ1v) is 12.8. The quantitative estimate of drug-likeness (QED) is 0.273. The zero-order valence-corrected chi connectivity index (χ0v) is 21.5. The second kappa shape index (κ2) is 10.3. The van der Waals surface area contributed by atoms with Crippen molar-refractivity contribution in [3.8, 4) is 17.1 Å². The zero-order valence-electron chi connectivity index (χ0n) is 20.8. The number of amides is 1. The van der Waals surface area contributed by atoms with Gasteiger partial charge in [0.15, 0.2) is 5.75 Å². The van der Waals surface area contributed by atoms with Gasteiger partial charge in [-0.3, -0.25) is 9.48 Å². The number of hydrogen-bond acceptors (Lipinski definition) is 8. The van der Waals surface area contributed by atoms with Crippen LogP contribution in [0.1, 0.15) is 34.9 Å². The van der Waals surface area contributed by atoms with Gasteiger partial charge in [0, 0.05) is 44.3 Å². The maximum Gasteiger partial charge on any atom is 0.255 e. The van der Waals surface area contributed by atoms with Crippen LogP contribution < -0.4 is 20.7 Å². The van der Waals surface area contributed by atoms with Crippen LogP contribution in [0.25, 0.3) is 11.4 Å². The molecule has 2 aliphatic heterocycles. The van der Waals surface area contributed by atoms with Crippen LogP contribution in [0.4, 0.5) is 23.0 Å². The molecule has 12 heteroatoms. The summed E-state index contributed by atoms with van der Waals surface area (Å²) in [6, 6.07) is 7.53. The summed E-state index contributed by atoms with van der Waals surface area (Å²) in [5.74, 6) is 0.736. The van der Waals surface area contributed by atoms with Gasteiger partial charge in [0.1, 0.15) is 0 Å². The first-order chi connectivity index (χ1) is 18.6. The molecule has 3 aromatic heterocycles. The van der Waals surface area contributed by atoms with Gasteiger partial charge < -0.3 is 30.4 Å². The number of H-pyrrole nitrogens is 1. The van der Waals surface area contributed by atoms with Gasteiger partial charge in [-0.15, -0.1) is 0 Å². The number of nitrogens with zero attached hydrogens (tertiary/aromatic N) is 4. The van der Waals surface area contributed by atoms with Crippen molar-refractivity contribution < 1.29 is 14.3 Å². The minimum atomic E-state index is -0.162. The highest BCUT2D eigenvalue weighted by Crippen LogP contribution is 2.40. The number of hydrogen-bond donors (Lipinski definition) is 4. The molecule has 1 fully saturated rings. The van der Waals surface area contributed by atoms with E-state index in [1.807, 2.05) is 23.0 Å². The van der Waals surface area contributed by atoms with Crippen LogP contribution in [0.2, 0.25) is 5.02 Å². The second-order valence-electron chi connectivity index (χ2n) is 9.12. The molecule has 0 radical (unpaired) electrons. The largest absolute Gasteiger partial charge is 0.493 e. The molecule has 1 amide bonds. The van der Waals surface area contributed by atoms with Crippen molar-refractivity contribution in [2.75, 3.05) is 37.5 Å². The number of aromatic nitrogens is 5. The Kier molecular flexibility index (Phi) is 6.61. The van der Waals surface area contributed by atoms with Gasteiger partial charge in [0.25, 0.3) is 5.91 Å². The average Bonchev–Trinajstić information content (AvgIpc) is 3.55. The van der Waals surface area contributed by atoms with E-state index in [4.69, 9.17) is 26.1 Å². The van der Waals surface area contributed by atoms with Gasteiger partial charge in [0.05, 0.1) is 58.4 Å². The van der Waals surface area contributed by atoms with E-state index in [9.17, 15) is 4.79 Å². The molecule has 196 valence electrons. The van der Waals surface area contributed by atoms with E-state index in [-0.39, 0.29) is 5.91 Å². The zero-order chi connectivity index (χ0) is 26.1. The van der Waals surface area contributed by atoms with Crippen LogP contribution in [0.3, 0.4) is 0 Å². The highest BCUT2D eigenvalue weighted by Gasteiger charge is 2.28. The summed E-state index contributed by atoms with van der Waals surface area (Å²) in [7, 11) is 1.55. The number of carbonyl (C=O) groups is 1. The lowest BCUT2D eigenvalue weighted by molar-refractivity contribution is 0.0662. The lowest BCUT2D eigenvalue weighted by Crippen LogP contribution is -2.31. The van der Waals surface area contributed by atoms with E-state index in [2.05, 4.69) is 31.0 Å². The third-order valence-electron chi connectivity index (χ3n) is 6.73. The Bertz CT molecular complexity index is 1480. The van der Waals surface area contributed by atoms with Crippen LogP contribution in [-0.2, 0) is 11.2 Å². The Balaban J connectivity index is 1.34. The number of aromatic amines is 1. The number of fused-ring (bicyclic) bond motifs is 1. The van der Waals surface area contributed by atoms with E-state index in [0.29, 0.717) is 64.1 Å². The van der Waals surface area contributed by atoms with Crippen molar-refractivity contribution >= 4 is 40.5 Å². The Morgan fingerprint density at radius 3 is 2.92 bits per heavy atom. The number of carbonyl (C=O) groups excluding carboxylic acids is 1. The monoisotopic (exact) mass is 534 g/mol. The standard InChI is InChI=1S/C26H27ClN8O3/c1-37-24-17(27)3-2-4-20(24)33-23-21-18(5-9-28-25(21)36)32-22(23)19-6-10-29-26(34-19)31-15-13-30-35(14-15)16-7-11-38-12-8-16/h2-4,6,10,13-14,16,32-33H,5,7-9,11-12H2,1H3,(H,28,36)(H,29,31,34). The Labute approximate surface area is 223 Å². The van der Waals surface area contributed by atoms with Gasteiger partial charge in [-0.25, -0.2) is 9.97 Å². The number of anilines is 4. The predicted molar refractivity (Wildman–Crippen MR) is 144 cm³/mol. The molecule has 1 aromatic carbocycles. The van der Waals surface area contributed by atoms with E-state index in [0.717, 1.165) is 37.4 Å². The van der Waals surface area contributed by atoms with Crippen LogP contribution in [0, 0.1) is 0 Å². The molecule has 4 aromatic rings. The van der Waals surface area contributed by atoms with Gasteiger partial charge >= 0.3 is 0 Å². The predicted octanol–water partition coefficient (Wildman–Crippen LogP) is 4.45. The number of ether oxygens (including phenoxy) is 2. The number of halogens is 1. The normalized spacial score (nSPS) is 15.6. The molecule has 38 heavy (non-hydrogen) atoms. The summed E-state index contributed by atoms with van der Waals surface area (Å²) in [5.41, 5.74) is 4.67. The molecule has 0 spiro atoms. The third kappa shape index (κ3) is 4.66. The van der Waals surface area contributed by atoms with Crippen molar-refractivity contribution in [1.82, 2.24) is 30.0 Å². The number of nitrogens with one attached hydrogen (secondary N) is 4. The summed E-state index contributed by atoms with van der Waals surface area (Å²) in [6.07, 6.45) is 7.95. The Morgan fingerprint density at radius 1 is 1.21 bits per heavy atom. The molecule has 11 nitrogen and oxygen atoms in total. The highest BCUT2D eigenvalue weighted by atomic mass is 35.5. The van der Waals surface area contributed by atoms with Crippen LogP contribution in [0.5, 0.6) is 5.75 Å². The maximum absolute atomic E-state index is 12.9.